The molecular weight excluding hydrogens is 351 g/mol. The maximum Gasteiger partial charge on any atom is 0.406 e. The molecule has 0 unspecified atom stereocenters. The number of benzene rings is 1. The van der Waals surface area contributed by atoms with Gasteiger partial charge in [0.2, 0.25) is 0 Å². The maximum absolute atomic E-state index is 12.6. The third-order valence-electron chi connectivity index (χ3n) is 2.97. The molecule has 0 radical (unpaired) electrons. The van der Waals surface area contributed by atoms with E-state index < -0.39 is 18.6 Å². The zero-order valence-corrected chi connectivity index (χ0v) is 12.8. The summed E-state index contributed by atoms with van der Waals surface area (Å²) in [5, 5.41) is 4.88. The van der Waals surface area contributed by atoms with Crippen LogP contribution in [0.4, 0.5) is 13.2 Å². The molecule has 4 nitrogen and oxygen atoms in total. The minimum atomic E-state index is -4.44. The number of alkyl halides is 4. The fourth-order valence-corrected chi connectivity index (χ4v) is 2.52. The summed E-state index contributed by atoms with van der Waals surface area (Å²) in [4.78, 5) is 13.1. The average Bonchev–Trinajstić information content (AvgIpc) is 2.74. The molecule has 21 heavy (non-hydrogen) atoms. The van der Waals surface area contributed by atoms with E-state index in [-0.39, 0.29) is 17.6 Å². The monoisotopic (exact) mass is 363 g/mol. The number of para-hydroxylation sites is 1. The molecule has 0 aliphatic heterocycles. The molecule has 0 saturated carbocycles. The van der Waals surface area contributed by atoms with Gasteiger partial charge in [-0.3, -0.25) is 9.48 Å². The van der Waals surface area contributed by atoms with Crippen LogP contribution in [0.5, 0.6) is 0 Å². The van der Waals surface area contributed by atoms with Gasteiger partial charge >= 0.3 is 6.18 Å². The summed E-state index contributed by atoms with van der Waals surface area (Å²) in [6, 6.07) is 6.94. The first-order chi connectivity index (χ1) is 9.83. The van der Waals surface area contributed by atoms with Crippen molar-refractivity contribution < 1.29 is 18.0 Å². The summed E-state index contributed by atoms with van der Waals surface area (Å²) >= 11 is 3.07. The van der Waals surface area contributed by atoms with Crippen LogP contribution >= 0.6 is 15.9 Å². The van der Waals surface area contributed by atoms with Crippen LogP contribution in [0.15, 0.2) is 24.3 Å². The van der Waals surface area contributed by atoms with Crippen molar-refractivity contribution in [3.05, 3.63) is 30.0 Å². The highest BCUT2D eigenvalue weighted by Gasteiger charge is 2.34. The van der Waals surface area contributed by atoms with Gasteiger partial charge in [-0.25, -0.2) is 0 Å². The second kappa shape index (κ2) is 6.05. The van der Waals surface area contributed by atoms with Crippen molar-refractivity contribution in [1.82, 2.24) is 14.7 Å². The Morgan fingerprint density at radius 1 is 1.38 bits per heavy atom. The number of aryl methyl sites for hydroxylation is 1. The topological polar surface area (TPSA) is 38.1 Å². The standard InChI is InChI=1S/C13H13BrF3N3O/c1-19-10-5-3-2-4-9(10)11(18-19)12(21)20(7-6-14)8-13(15,16)17/h2-5H,6-8H2,1H3. The number of carbonyl (C=O) groups excluding carboxylic acids is 1. The lowest BCUT2D eigenvalue weighted by molar-refractivity contribution is -0.140. The third-order valence-corrected chi connectivity index (χ3v) is 3.33. The molecule has 1 aromatic heterocycles. The number of fused-ring (bicyclic) bond motifs is 1. The van der Waals surface area contributed by atoms with E-state index in [2.05, 4.69) is 21.0 Å². The molecule has 0 N–H and O–H groups in total. The van der Waals surface area contributed by atoms with E-state index in [0.717, 1.165) is 4.90 Å². The third kappa shape index (κ3) is 3.55. The fourth-order valence-electron chi connectivity index (χ4n) is 2.09. The lowest BCUT2D eigenvalue weighted by Crippen LogP contribution is -2.40. The number of carbonyl (C=O) groups is 1. The molecule has 0 spiro atoms. The molecule has 0 aliphatic rings. The SMILES string of the molecule is Cn1nc(C(=O)N(CCBr)CC(F)(F)F)c2ccccc21. The molecule has 1 aromatic carbocycles. The van der Waals surface area contributed by atoms with E-state index in [1.807, 2.05) is 0 Å². The highest BCUT2D eigenvalue weighted by molar-refractivity contribution is 9.09. The van der Waals surface area contributed by atoms with Crippen molar-refractivity contribution in [2.75, 3.05) is 18.4 Å². The van der Waals surface area contributed by atoms with Crippen LogP contribution in [-0.4, -0.2) is 45.2 Å². The van der Waals surface area contributed by atoms with Gasteiger partial charge in [-0.15, -0.1) is 0 Å². The molecule has 0 atom stereocenters. The summed E-state index contributed by atoms with van der Waals surface area (Å²) in [5.41, 5.74) is 0.741. The van der Waals surface area contributed by atoms with Gasteiger partial charge in [0, 0.05) is 24.3 Å². The molecule has 2 aromatic rings. The van der Waals surface area contributed by atoms with E-state index >= 15 is 0 Å². The normalized spacial score (nSPS) is 11.9. The number of halogens is 4. The molecule has 0 fully saturated rings. The Bertz CT molecular complexity index is 654. The molecule has 2 rings (SSSR count). The van der Waals surface area contributed by atoms with E-state index in [1.165, 1.54) is 4.68 Å². The van der Waals surface area contributed by atoms with Crippen LogP contribution in [0, 0.1) is 0 Å². The van der Waals surface area contributed by atoms with Crippen molar-refractivity contribution in [1.29, 1.82) is 0 Å². The number of hydrogen-bond donors (Lipinski definition) is 0. The summed E-state index contributed by atoms with van der Waals surface area (Å²) in [6.07, 6.45) is -4.44. The summed E-state index contributed by atoms with van der Waals surface area (Å²) < 4.78 is 39.3. The highest BCUT2D eigenvalue weighted by atomic mass is 79.9. The minimum absolute atomic E-state index is 0.0384. The van der Waals surface area contributed by atoms with Gasteiger partial charge in [0.05, 0.1) is 5.52 Å². The number of amides is 1. The predicted octanol–water partition coefficient (Wildman–Crippen LogP) is 2.97. The molecular formula is C13H13BrF3N3O. The predicted molar refractivity (Wildman–Crippen MR) is 76.5 cm³/mol. The van der Waals surface area contributed by atoms with E-state index in [0.29, 0.717) is 10.9 Å². The Morgan fingerprint density at radius 3 is 2.67 bits per heavy atom. The van der Waals surface area contributed by atoms with E-state index in [1.54, 1.807) is 31.3 Å². The number of aromatic nitrogens is 2. The fraction of sp³-hybridized carbons (Fsp3) is 0.385. The summed E-state index contributed by atoms with van der Waals surface area (Å²) in [5.74, 6) is -0.719. The molecule has 0 aliphatic carbocycles. The molecule has 1 amide bonds. The van der Waals surface area contributed by atoms with Gasteiger partial charge in [-0.05, 0) is 6.07 Å². The molecule has 8 heteroatoms. The van der Waals surface area contributed by atoms with E-state index in [4.69, 9.17) is 0 Å². The van der Waals surface area contributed by atoms with Crippen LogP contribution in [0.2, 0.25) is 0 Å². The van der Waals surface area contributed by atoms with Crippen LogP contribution < -0.4 is 0 Å². The van der Waals surface area contributed by atoms with Crippen molar-refractivity contribution in [3.8, 4) is 0 Å². The first-order valence-electron chi connectivity index (χ1n) is 6.17. The van der Waals surface area contributed by atoms with E-state index in [9.17, 15) is 18.0 Å². The van der Waals surface area contributed by atoms with Gasteiger partial charge < -0.3 is 4.90 Å². The van der Waals surface area contributed by atoms with Crippen molar-refractivity contribution in [2.24, 2.45) is 7.05 Å². The Labute approximate surface area is 127 Å². The quantitative estimate of drug-likeness (QED) is 0.783. The summed E-state index contributed by atoms with van der Waals surface area (Å²) in [7, 11) is 1.65. The van der Waals surface area contributed by atoms with Gasteiger partial charge in [0.1, 0.15) is 6.54 Å². The van der Waals surface area contributed by atoms with Gasteiger partial charge in [-0.1, -0.05) is 34.1 Å². The lowest BCUT2D eigenvalue weighted by atomic mass is 10.2. The van der Waals surface area contributed by atoms with Crippen molar-refractivity contribution >= 4 is 32.7 Å². The van der Waals surface area contributed by atoms with Gasteiger partial charge in [-0.2, -0.15) is 18.3 Å². The Balaban J connectivity index is 2.39. The number of nitrogens with zero attached hydrogens (tertiary/aromatic N) is 3. The molecule has 0 bridgehead atoms. The van der Waals surface area contributed by atoms with Crippen molar-refractivity contribution in [2.45, 2.75) is 6.18 Å². The first kappa shape index (κ1) is 15.8. The molecule has 114 valence electrons. The number of rotatable bonds is 4. The zero-order valence-electron chi connectivity index (χ0n) is 11.2. The smallest absolute Gasteiger partial charge is 0.327 e. The highest BCUT2D eigenvalue weighted by Crippen LogP contribution is 2.22. The second-order valence-electron chi connectivity index (χ2n) is 4.52. The van der Waals surface area contributed by atoms with Crippen LogP contribution in [0.1, 0.15) is 10.5 Å². The Hall–Kier alpha value is -1.57. The summed E-state index contributed by atoms with van der Waals surface area (Å²) in [6.45, 7) is -1.33. The van der Waals surface area contributed by atoms with Crippen LogP contribution in [0.3, 0.4) is 0 Å². The van der Waals surface area contributed by atoms with Crippen LogP contribution in [-0.2, 0) is 7.05 Å². The first-order valence-corrected chi connectivity index (χ1v) is 7.29. The second-order valence-corrected chi connectivity index (χ2v) is 5.31. The van der Waals surface area contributed by atoms with Gasteiger partial charge in [0.15, 0.2) is 5.69 Å². The zero-order chi connectivity index (χ0) is 15.6. The average molecular weight is 364 g/mol. The maximum atomic E-state index is 12.6. The van der Waals surface area contributed by atoms with Crippen LogP contribution in [0.25, 0.3) is 10.9 Å². The molecule has 0 saturated heterocycles. The number of hydrogen-bond acceptors (Lipinski definition) is 2. The Kier molecular flexibility index (Phi) is 4.55. The van der Waals surface area contributed by atoms with Gasteiger partial charge in [0.25, 0.3) is 5.91 Å². The largest absolute Gasteiger partial charge is 0.406 e. The molecule has 1 heterocycles. The minimum Gasteiger partial charge on any atom is -0.327 e. The van der Waals surface area contributed by atoms with Crippen molar-refractivity contribution in [3.63, 3.8) is 0 Å². The lowest BCUT2D eigenvalue weighted by Gasteiger charge is -2.22. The Morgan fingerprint density at radius 2 is 2.05 bits per heavy atom.